The van der Waals surface area contributed by atoms with Crippen LogP contribution in [0.25, 0.3) is 0 Å². The zero-order valence-corrected chi connectivity index (χ0v) is 24.8. The predicted molar refractivity (Wildman–Crippen MR) is 156 cm³/mol. The Morgan fingerprint density at radius 3 is 2.09 bits per heavy atom. The molecule has 0 aliphatic carbocycles. The molecule has 3 aromatic carbocycles. The van der Waals surface area contributed by atoms with Crippen molar-refractivity contribution in [1.82, 2.24) is 4.31 Å². The Bertz CT molecular complexity index is 1740. The summed E-state index contributed by atoms with van der Waals surface area (Å²) >= 11 is 0. The molecule has 236 valence electrons. The molecule has 0 radical (unpaired) electrons. The van der Waals surface area contributed by atoms with Crippen molar-refractivity contribution in [1.29, 1.82) is 0 Å². The summed E-state index contributed by atoms with van der Waals surface area (Å²) in [5.74, 6) is -0.775. The number of halogens is 3. The molecule has 0 aromatic heterocycles. The number of carbonyl (C=O) groups excluding carboxylic acids is 1. The van der Waals surface area contributed by atoms with Crippen LogP contribution >= 0.6 is 0 Å². The summed E-state index contributed by atoms with van der Waals surface area (Å²) in [6, 6.07) is 13.2. The van der Waals surface area contributed by atoms with Gasteiger partial charge in [0, 0.05) is 26.2 Å². The number of para-hydroxylation sites is 1. The Morgan fingerprint density at radius 1 is 0.750 bits per heavy atom. The van der Waals surface area contributed by atoms with E-state index in [0.717, 1.165) is 18.2 Å². The van der Waals surface area contributed by atoms with Crippen LogP contribution in [0.5, 0.6) is 0 Å². The number of ether oxygens (including phenoxy) is 2. The average molecular weight is 655 g/mol. The second-order valence-electron chi connectivity index (χ2n) is 9.93. The van der Waals surface area contributed by atoms with Gasteiger partial charge in [0.15, 0.2) is 0 Å². The molecule has 2 fully saturated rings. The molecular formula is C28H29F3N4O7S2. The molecule has 11 nitrogen and oxygen atoms in total. The highest BCUT2D eigenvalue weighted by atomic mass is 32.2. The summed E-state index contributed by atoms with van der Waals surface area (Å²) in [5.41, 5.74) is -0.773. The van der Waals surface area contributed by atoms with E-state index in [1.54, 1.807) is 6.07 Å². The van der Waals surface area contributed by atoms with Crippen molar-refractivity contribution in [2.24, 2.45) is 0 Å². The third-order valence-electron chi connectivity index (χ3n) is 7.06. The number of benzene rings is 3. The molecule has 0 unspecified atom stereocenters. The van der Waals surface area contributed by atoms with Gasteiger partial charge in [-0.3, -0.25) is 9.52 Å². The van der Waals surface area contributed by atoms with E-state index in [2.05, 4.69) is 10.0 Å². The lowest BCUT2D eigenvalue weighted by molar-refractivity contribution is -0.137. The summed E-state index contributed by atoms with van der Waals surface area (Å²) in [6.45, 7) is 2.65. The van der Waals surface area contributed by atoms with Crippen LogP contribution in [0.2, 0.25) is 0 Å². The number of amides is 1. The second kappa shape index (κ2) is 12.7. The number of anilines is 3. The molecule has 0 saturated carbocycles. The monoisotopic (exact) mass is 654 g/mol. The van der Waals surface area contributed by atoms with Gasteiger partial charge in [-0.15, -0.1) is 0 Å². The first-order valence-corrected chi connectivity index (χ1v) is 16.4. The number of hydrogen-bond donors (Lipinski definition) is 2. The molecule has 2 saturated heterocycles. The molecule has 2 aliphatic heterocycles. The molecule has 44 heavy (non-hydrogen) atoms. The van der Waals surface area contributed by atoms with Gasteiger partial charge in [0.1, 0.15) is 0 Å². The summed E-state index contributed by atoms with van der Waals surface area (Å²) in [7, 11) is -8.46. The molecule has 3 aromatic rings. The molecule has 0 atom stereocenters. The van der Waals surface area contributed by atoms with Crippen molar-refractivity contribution in [2.45, 2.75) is 16.0 Å². The number of hydrogen-bond acceptors (Lipinski definition) is 8. The molecule has 16 heteroatoms. The largest absolute Gasteiger partial charge is 0.416 e. The van der Waals surface area contributed by atoms with Crippen LogP contribution in [-0.4, -0.2) is 79.7 Å². The molecule has 0 spiro atoms. The van der Waals surface area contributed by atoms with Crippen LogP contribution in [0.3, 0.4) is 0 Å². The fourth-order valence-corrected chi connectivity index (χ4v) is 7.35. The SMILES string of the molecule is O=C(Nc1cc(S(=O)(=O)N2CCOCC2)ccc1N1CCOCC1)c1ccccc1NS(=O)(=O)c1cccc(C(F)(F)F)c1. The molecule has 0 bridgehead atoms. The smallest absolute Gasteiger partial charge is 0.379 e. The van der Waals surface area contributed by atoms with Crippen LogP contribution in [0.4, 0.5) is 30.2 Å². The van der Waals surface area contributed by atoms with E-state index >= 15 is 0 Å². The minimum Gasteiger partial charge on any atom is -0.379 e. The van der Waals surface area contributed by atoms with Gasteiger partial charge in [-0.2, -0.15) is 17.5 Å². The normalized spacial score (nSPS) is 16.8. The molecule has 2 heterocycles. The molecule has 2 aliphatic rings. The second-order valence-corrected chi connectivity index (χ2v) is 13.5. The first kappa shape index (κ1) is 31.7. The van der Waals surface area contributed by atoms with Crippen molar-refractivity contribution < 1.29 is 44.3 Å². The van der Waals surface area contributed by atoms with Crippen molar-refractivity contribution in [2.75, 3.05) is 67.5 Å². The van der Waals surface area contributed by atoms with E-state index in [0.29, 0.717) is 38.1 Å². The number of nitrogens with zero attached hydrogens (tertiary/aromatic N) is 2. The standard InChI is InChI=1S/C28H29F3N4O7S2/c29-28(30,31)20-4-3-5-21(18-20)43(37,38)33-24-7-2-1-6-23(24)27(36)32-25-19-22(44(39,40)35-12-16-42-17-13-35)8-9-26(25)34-10-14-41-15-11-34/h1-9,18-19,33H,10-17H2,(H,32,36). The zero-order valence-electron chi connectivity index (χ0n) is 23.2. The number of sulfonamides is 2. The van der Waals surface area contributed by atoms with Crippen LogP contribution in [0.1, 0.15) is 15.9 Å². The van der Waals surface area contributed by atoms with Gasteiger partial charge in [-0.05, 0) is 48.5 Å². The average Bonchev–Trinajstić information content (AvgIpc) is 3.01. The quantitative estimate of drug-likeness (QED) is 0.377. The minimum atomic E-state index is -4.76. The third-order valence-corrected chi connectivity index (χ3v) is 10.3. The third kappa shape index (κ3) is 6.99. The number of nitrogens with one attached hydrogen (secondary N) is 2. The lowest BCUT2D eigenvalue weighted by Crippen LogP contribution is -2.40. The van der Waals surface area contributed by atoms with Gasteiger partial charge in [0.05, 0.1) is 64.4 Å². The van der Waals surface area contributed by atoms with E-state index in [1.807, 2.05) is 4.90 Å². The first-order chi connectivity index (χ1) is 20.9. The Kier molecular flexibility index (Phi) is 9.17. The van der Waals surface area contributed by atoms with E-state index in [4.69, 9.17) is 9.47 Å². The van der Waals surface area contributed by atoms with Crippen molar-refractivity contribution in [3.8, 4) is 0 Å². The lowest BCUT2D eigenvalue weighted by Gasteiger charge is -2.31. The fourth-order valence-electron chi connectivity index (χ4n) is 4.79. The van der Waals surface area contributed by atoms with E-state index in [9.17, 15) is 34.8 Å². The molecule has 2 N–H and O–H groups in total. The van der Waals surface area contributed by atoms with Crippen LogP contribution < -0.4 is 14.9 Å². The Labute approximate surface area is 252 Å². The maximum absolute atomic E-state index is 13.6. The molecule has 1 amide bonds. The van der Waals surface area contributed by atoms with Gasteiger partial charge in [-0.1, -0.05) is 18.2 Å². The fraction of sp³-hybridized carbons (Fsp3) is 0.321. The van der Waals surface area contributed by atoms with Gasteiger partial charge in [0.25, 0.3) is 15.9 Å². The Hall–Kier alpha value is -3.70. The Balaban J connectivity index is 1.47. The van der Waals surface area contributed by atoms with Gasteiger partial charge in [-0.25, -0.2) is 16.8 Å². The maximum atomic E-state index is 13.6. The van der Waals surface area contributed by atoms with Gasteiger partial charge < -0.3 is 19.7 Å². The first-order valence-electron chi connectivity index (χ1n) is 13.5. The predicted octanol–water partition coefficient (Wildman–Crippen LogP) is 3.62. The topological polar surface area (TPSA) is 134 Å². The molecule has 5 rings (SSSR count). The van der Waals surface area contributed by atoms with Gasteiger partial charge in [0.2, 0.25) is 10.0 Å². The summed E-state index contributed by atoms with van der Waals surface area (Å²) in [5, 5.41) is 2.72. The molecular weight excluding hydrogens is 625 g/mol. The zero-order chi connectivity index (χ0) is 31.5. The van der Waals surface area contributed by atoms with E-state index < -0.39 is 42.6 Å². The van der Waals surface area contributed by atoms with E-state index in [-0.39, 0.29) is 48.1 Å². The van der Waals surface area contributed by atoms with Crippen LogP contribution in [0.15, 0.2) is 76.5 Å². The highest BCUT2D eigenvalue weighted by molar-refractivity contribution is 7.92. The van der Waals surface area contributed by atoms with Crippen LogP contribution in [0, 0.1) is 0 Å². The number of carbonyl (C=O) groups is 1. The highest BCUT2D eigenvalue weighted by Gasteiger charge is 2.32. The summed E-state index contributed by atoms with van der Waals surface area (Å²) in [6.07, 6.45) is -4.76. The van der Waals surface area contributed by atoms with Crippen molar-refractivity contribution in [3.05, 3.63) is 77.9 Å². The minimum absolute atomic E-state index is 0.0507. The lowest BCUT2D eigenvalue weighted by atomic mass is 10.1. The van der Waals surface area contributed by atoms with E-state index in [1.165, 1.54) is 40.7 Å². The van der Waals surface area contributed by atoms with Gasteiger partial charge >= 0.3 is 6.18 Å². The maximum Gasteiger partial charge on any atom is 0.416 e. The van der Waals surface area contributed by atoms with Crippen molar-refractivity contribution in [3.63, 3.8) is 0 Å². The highest BCUT2D eigenvalue weighted by Crippen LogP contribution is 2.33. The summed E-state index contributed by atoms with van der Waals surface area (Å²) < 4.78 is 107. The summed E-state index contributed by atoms with van der Waals surface area (Å²) in [4.78, 5) is 14.9. The number of morpholine rings is 2. The van der Waals surface area contributed by atoms with Crippen molar-refractivity contribution >= 4 is 43.0 Å². The number of rotatable bonds is 8. The Morgan fingerprint density at radius 2 is 1.41 bits per heavy atom. The van der Waals surface area contributed by atoms with Crippen LogP contribution in [-0.2, 0) is 35.7 Å². The number of alkyl halides is 3.